The summed E-state index contributed by atoms with van der Waals surface area (Å²) in [5.74, 6) is 0.570. The molecule has 1 atom stereocenters. The molecule has 16 heavy (non-hydrogen) atoms. The van der Waals surface area contributed by atoms with Gasteiger partial charge in [-0.15, -0.1) is 5.10 Å². The third-order valence-corrected chi connectivity index (χ3v) is 2.25. The first-order valence-electron chi connectivity index (χ1n) is 5.20. The Labute approximate surface area is 92.6 Å². The third kappa shape index (κ3) is 2.43. The zero-order valence-electron chi connectivity index (χ0n) is 9.08. The highest BCUT2D eigenvalue weighted by Crippen LogP contribution is 2.12. The molecular weight excluding hydrogens is 208 g/mol. The molecule has 2 N–H and O–H groups in total. The Kier molecular flexibility index (Phi) is 3.25. The van der Waals surface area contributed by atoms with Gasteiger partial charge in [0.1, 0.15) is 6.54 Å². The van der Waals surface area contributed by atoms with Crippen LogP contribution in [0, 0.1) is 0 Å². The molecule has 0 amide bonds. The van der Waals surface area contributed by atoms with Gasteiger partial charge in [-0.1, -0.05) is 23.7 Å². The zero-order valence-corrected chi connectivity index (χ0v) is 9.08. The molecule has 2 rings (SSSR count). The van der Waals surface area contributed by atoms with E-state index in [1.165, 1.54) is 6.39 Å². The first-order valence-corrected chi connectivity index (χ1v) is 5.20. The number of aromatic nitrogens is 5. The Morgan fingerprint density at radius 2 is 2.44 bits per heavy atom. The van der Waals surface area contributed by atoms with Crippen LogP contribution in [0.1, 0.15) is 37.3 Å². The van der Waals surface area contributed by atoms with Crippen LogP contribution in [0.4, 0.5) is 0 Å². The quantitative estimate of drug-likeness (QED) is 0.791. The molecule has 2 aromatic heterocycles. The average Bonchev–Trinajstić information content (AvgIpc) is 2.90. The molecule has 0 aromatic carbocycles. The van der Waals surface area contributed by atoms with Crippen LogP contribution in [0.15, 0.2) is 17.1 Å². The molecule has 2 aromatic rings. The number of hydrogen-bond acceptors (Lipinski definition) is 6. The van der Waals surface area contributed by atoms with Gasteiger partial charge in [-0.2, -0.15) is 4.98 Å². The monoisotopic (exact) mass is 222 g/mol. The fourth-order valence-corrected chi connectivity index (χ4v) is 1.43. The Hall–Kier alpha value is -1.76. The van der Waals surface area contributed by atoms with Gasteiger partial charge >= 0.3 is 0 Å². The van der Waals surface area contributed by atoms with Crippen molar-refractivity contribution >= 4 is 0 Å². The number of rotatable bonds is 5. The van der Waals surface area contributed by atoms with Crippen molar-refractivity contribution in [2.24, 2.45) is 5.73 Å². The van der Waals surface area contributed by atoms with E-state index in [4.69, 9.17) is 5.73 Å². The predicted molar refractivity (Wildman–Crippen MR) is 55.3 cm³/mol. The van der Waals surface area contributed by atoms with Crippen molar-refractivity contribution in [3.8, 4) is 0 Å². The smallest absolute Gasteiger partial charge is 0.213 e. The summed E-state index contributed by atoms with van der Waals surface area (Å²) in [7, 11) is 0. The highest BCUT2D eigenvalue weighted by molar-refractivity contribution is 5.00. The topological polar surface area (TPSA) is 95.7 Å². The van der Waals surface area contributed by atoms with Crippen molar-refractivity contribution in [1.82, 2.24) is 25.1 Å². The summed E-state index contributed by atoms with van der Waals surface area (Å²) in [4.78, 5) is 3.90. The molecule has 2 heterocycles. The fourth-order valence-electron chi connectivity index (χ4n) is 1.43. The van der Waals surface area contributed by atoms with Gasteiger partial charge < -0.3 is 10.3 Å². The van der Waals surface area contributed by atoms with Crippen molar-refractivity contribution in [3.63, 3.8) is 0 Å². The summed E-state index contributed by atoms with van der Waals surface area (Å²) >= 11 is 0. The highest BCUT2D eigenvalue weighted by atomic mass is 16.5. The van der Waals surface area contributed by atoms with Crippen molar-refractivity contribution < 1.29 is 4.52 Å². The highest BCUT2D eigenvalue weighted by Gasteiger charge is 2.10. The third-order valence-electron chi connectivity index (χ3n) is 2.25. The summed E-state index contributed by atoms with van der Waals surface area (Å²) < 4.78 is 6.28. The van der Waals surface area contributed by atoms with E-state index in [0.717, 1.165) is 18.5 Å². The van der Waals surface area contributed by atoms with E-state index in [0.29, 0.717) is 12.4 Å². The van der Waals surface area contributed by atoms with E-state index in [9.17, 15) is 0 Å². The zero-order chi connectivity index (χ0) is 11.4. The Bertz CT molecular complexity index is 423. The second-order valence-electron chi connectivity index (χ2n) is 3.58. The molecule has 1 unspecified atom stereocenters. The average molecular weight is 222 g/mol. The molecular formula is C9H14N6O. The molecule has 0 aliphatic heterocycles. The molecule has 0 saturated carbocycles. The van der Waals surface area contributed by atoms with Crippen molar-refractivity contribution in [3.05, 3.63) is 24.1 Å². The van der Waals surface area contributed by atoms with Gasteiger partial charge in [0.25, 0.3) is 0 Å². The lowest BCUT2D eigenvalue weighted by molar-refractivity contribution is 0.406. The van der Waals surface area contributed by atoms with Crippen molar-refractivity contribution in [2.45, 2.75) is 32.4 Å². The maximum absolute atomic E-state index is 5.93. The minimum Gasteiger partial charge on any atom is -0.343 e. The van der Waals surface area contributed by atoms with Crippen LogP contribution >= 0.6 is 0 Å². The lowest BCUT2D eigenvalue weighted by atomic mass is 10.1. The van der Waals surface area contributed by atoms with Crippen LogP contribution < -0.4 is 5.73 Å². The predicted octanol–water partition coefficient (Wildman–Crippen LogP) is 0.509. The second-order valence-corrected chi connectivity index (χ2v) is 3.58. The fraction of sp³-hybridized carbons (Fsp3) is 0.556. The molecule has 7 heteroatoms. The molecule has 0 bridgehead atoms. The summed E-state index contributed by atoms with van der Waals surface area (Å²) in [5.41, 5.74) is 6.72. The van der Waals surface area contributed by atoms with E-state index in [1.54, 1.807) is 4.68 Å². The van der Waals surface area contributed by atoms with E-state index in [2.05, 4.69) is 31.9 Å². The molecule has 7 nitrogen and oxygen atoms in total. The maximum Gasteiger partial charge on any atom is 0.213 e. The molecule has 0 aliphatic rings. The van der Waals surface area contributed by atoms with Gasteiger partial charge in [0, 0.05) is 0 Å². The normalized spacial score (nSPS) is 12.9. The van der Waals surface area contributed by atoms with Gasteiger partial charge in [0.15, 0.2) is 5.82 Å². The van der Waals surface area contributed by atoms with Crippen molar-refractivity contribution in [1.29, 1.82) is 0 Å². The lowest BCUT2D eigenvalue weighted by Gasteiger charge is -2.04. The largest absolute Gasteiger partial charge is 0.343 e. The Morgan fingerprint density at radius 1 is 1.56 bits per heavy atom. The lowest BCUT2D eigenvalue weighted by Crippen LogP contribution is -2.10. The van der Waals surface area contributed by atoms with Gasteiger partial charge in [0.2, 0.25) is 6.39 Å². The SMILES string of the molecule is CCCC(N)c1cn(Cc2ncon2)nn1. The van der Waals surface area contributed by atoms with Crippen LogP contribution in [-0.2, 0) is 6.54 Å². The minimum atomic E-state index is -0.0518. The summed E-state index contributed by atoms with van der Waals surface area (Å²) in [6.45, 7) is 2.53. The molecule has 0 fully saturated rings. The van der Waals surface area contributed by atoms with Crippen LogP contribution in [-0.4, -0.2) is 25.1 Å². The molecule has 0 spiro atoms. The first-order chi connectivity index (χ1) is 7.79. The molecule has 0 radical (unpaired) electrons. The van der Waals surface area contributed by atoms with Crippen molar-refractivity contribution in [2.75, 3.05) is 0 Å². The summed E-state index contributed by atoms with van der Waals surface area (Å²) in [5, 5.41) is 11.7. The van der Waals surface area contributed by atoms with Crippen LogP contribution in [0.2, 0.25) is 0 Å². The Balaban J connectivity index is 2.02. The van der Waals surface area contributed by atoms with E-state index in [-0.39, 0.29) is 6.04 Å². The maximum atomic E-state index is 5.93. The standard InChI is InChI=1S/C9H14N6O/c1-2-3-7(10)8-4-15(14-12-8)5-9-11-6-16-13-9/h4,6-7H,2-3,5,10H2,1H3. The molecule has 0 saturated heterocycles. The van der Waals surface area contributed by atoms with Gasteiger partial charge in [0.05, 0.1) is 17.9 Å². The van der Waals surface area contributed by atoms with E-state index < -0.39 is 0 Å². The van der Waals surface area contributed by atoms with Crippen LogP contribution in [0.5, 0.6) is 0 Å². The van der Waals surface area contributed by atoms with Gasteiger partial charge in [-0.3, -0.25) is 0 Å². The summed E-state index contributed by atoms with van der Waals surface area (Å²) in [6.07, 6.45) is 5.03. The Morgan fingerprint density at radius 3 is 3.12 bits per heavy atom. The van der Waals surface area contributed by atoms with Gasteiger partial charge in [-0.05, 0) is 6.42 Å². The summed E-state index contributed by atoms with van der Waals surface area (Å²) in [6, 6.07) is -0.0518. The number of hydrogen-bond donors (Lipinski definition) is 1. The van der Waals surface area contributed by atoms with E-state index >= 15 is 0 Å². The minimum absolute atomic E-state index is 0.0518. The number of nitrogens with zero attached hydrogens (tertiary/aromatic N) is 5. The van der Waals surface area contributed by atoms with Crippen LogP contribution in [0.25, 0.3) is 0 Å². The molecule has 86 valence electrons. The van der Waals surface area contributed by atoms with Crippen LogP contribution in [0.3, 0.4) is 0 Å². The van der Waals surface area contributed by atoms with E-state index in [1.807, 2.05) is 6.20 Å². The number of nitrogens with two attached hydrogens (primary N) is 1. The molecule has 0 aliphatic carbocycles. The first kappa shape index (κ1) is 10.7. The second kappa shape index (κ2) is 4.84. The van der Waals surface area contributed by atoms with Gasteiger partial charge in [-0.25, -0.2) is 4.68 Å².